The highest BCUT2D eigenvalue weighted by molar-refractivity contribution is 5.93. The van der Waals surface area contributed by atoms with Gasteiger partial charge in [0, 0.05) is 31.3 Å². The number of amides is 1. The third-order valence-electron chi connectivity index (χ3n) is 4.82. The van der Waals surface area contributed by atoms with E-state index in [9.17, 15) is 22.4 Å². The highest BCUT2D eigenvalue weighted by Crippen LogP contribution is 2.32. The fourth-order valence-corrected chi connectivity index (χ4v) is 3.35. The Morgan fingerprint density at radius 3 is 2.70 bits per heavy atom. The van der Waals surface area contributed by atoms with Crippen LogP contribution < -0.4 is 10.1 Å². The SMILES string of the molecule is COc1cc(-c2cc3n(n2)CCC3NC(=O)c2cc(C(F)(F)F)nn2C)c(F)cn1. The van der Waals surface area contributed by atoms with Gasteiger partial charge in [-0.3, -0.25) is 14.2 Å². The minimum Gasteiger partial charge on any atom is -0.481 e. The third kappa shape index (κ3) is 3.48. The Hall–Kier alpha value is -3.44. The van der Waals surface area contributed by atoms with Gasteiger partial charge in [0.25, 0.3) is 5.91 Å². The second-order valence-corrected chi connectivity index (χ2v) is 6.74. The summed E-state index contributed by atoms with van der Waals surface area (Å²) in [6, 6.07) is 3.25. The van der Waals surface area contributed by atoms with Crippen molar-refractivity contribution in [2.24, 2.45) is 7.05 Å². The Labute approximate surface area is 167 Å². The Kier molecular flexibility index (Phi) is 4.71. The Balaban J connectivity index is 1.58. The number of aromatic nitrogens is 5. The molecule has 0 radical (unpaired) electrons. The Morgan fingerprint density at radius 1 is 1.27 bits per heavy atom. The number of carbonyl (C=O) groups excluding carboxylic acids is 1. The minimum atomic E-state index is -4.65. The molecule has 1 atom stereocenters. The van der Waals surface area contributed by atoms with E-state index >= 15 is 0 Å². The number of pyridine rings is 1. The first kappa shape index (κ1) is 19.9. The minimum absolute atomic E-state index is 0.190. The van der Waals surface area contributed by atoms with Crippen molar-refractivity contribution in [3.05, 3.63) is 47.3 Å². The van der Waals surface area contributed by atoms with Gasteiger partial charge >= 0.3 is 6.18 Å². The number of nitrogens with one attached hydrogen (secondary N) is 1. The van der Waals surface area contributed by atoms with Crippen LogP contribution in [0.25, 0.3) is 11.3 Å². The van der Waals surface area contributed by atoms with E-state index in [2.05, 4.69) is 20.5 Å². The number of carbonyl (C=O) groups is 1. The maximum absolute atomic E-state index is 14.2. The van der Waals surface area contributed by atoms with Crippen molar-refractivity contribution in [1.82, 2.24) is 29.9 Å². The van der Waals surface area contributed by atoms with Crippen LogP contribution in [0.2, 0.25) is 0 Å². The van der Waals surface area contributed by atoms with Crippen molar-refractivity contribution < 1.29 is 27.1 Å². The molecule has 3 aromatic heterocycles. The summed E-state index contributed by atoms with van der Waals surface area (Å²) in [5.74, 6) is -1.05. The molecule has 0 saturated heterocycles. The van der Waals surface area contributed by atoms with E-state index in [0.29, 0.717) is 30.4 Å². The molecule has 12 heteroatoms. The Bertz CT molecular complexity index is 1120. The number of hydrogen-bond acceptors (Lipinski definition) is 5. The summed E-state index contributed by atoms with van der Waals surface area (Å²) < 4.78 is 60.2. The van der Waals surface area contributed by atoms with Gasteiger partial charge < -0.3 is 10.1 Å². The topological polar surface area (TPSA) is 86.9 Å². The first-order chi connectivity index (χ1) is 14.2. The number of halogens is 4. The van der Waals surface area contributed by atoms with Crippen molar-refractivity contribution in [3.8, 4) is 17.1 Å². The largest absolute Gasteiger partial charge is 0.481 e. The van der Waals surface area contributed by atoms with Gasteiger partial charge in [-0.25, -0.2) is 9.37 Å². The molecule has 4 rings (SSSR count). The number of ether oxygens (including phenoxy) is 1. The molecular formula is C18H16F4N6O2. The van der Waals surface area contributed by atoms with Crippen LogP contribution in [0.5, 0.6) is 5.88 Å². The number of aryl methyl sites for hydroxylation is 2. The first-order valence-electron chi connectivity index (χ1n) is 8.87. The van der Waals surface area contributed by atoms with E-state index in [-0.39, 0.29) is 17.1 Å². The highest BCUT2D eigenvalue weighted by atomic mass is 19.4. The Morgan fingerprint density at radius 2 is 2.03 bits per heavy atom. The van der Waals surface area contributed by atoms with E-state index in [1.165, 1.54) is 20.2 Å². The van der Waals surface area contributed by atoms with E-state index in [0.717, 1.165) is 10.9 Å². The van der Waals surface area contributed by atoms with Gasteiger partial charge in [-0.05, 0) is 12.5 Å². The van der Waals surface area contributed by atoms with E-state index < -0.39 is 29.6 Å². The zero-order chi connectivity index (χ0) is 21.6. The monoisotopic (exact) mass is 424 g/mol. The molecule has 3 aromatic rings. The summed E-state index contributed by atoms with van der Waals surface area (Å²) in [4.78, 5) is 16.3. The average molecular weight is 424 g/mol. The molecule has 8 nitrogen and oxygen atoms in total. The van der Waals surface area contributed by atoms with Gasteiger partial charge in [-0.2, -0.15) is 23.4 Å². The molecule has 1 aliphatic rings. The van der Waals surface area contributed by atoms with Crippen molar-refractivity contribution >= 4 is 5.91 Å². The van der Waals surface area contributed by atoms with Crippen molar-refractivity contribution in [1.29, 1.82) is 0 Å². The van der Waals surface area contributed by atoms with Gasteiger partial charge in [0.15, 0.2) is 11.5 Å². The number of alkyl halides is 3. The molecule has 4 heterocycles. The maximum atomic E-state index is 14.2. The van der Waals surface area contributed by atoms with Crippen LogP contribution in [0.15, 0.2) is 24.4 Å². The quantitative estimate of drug-likeness (QED) is 0.651. The summed E-state index contributed by atoms with van der Waals surface area (Å²) in [6.07, 6.45) is -3.12. The number of methoxy groups -OCH3 is 1. The van der Waals surface area contributed by atoms with Gasteiger partial charge in [0.1, 0.15) is 5.69 Å². The number of fused-ring (bicyclic) bond motifs is 1. The van der Waals surface area contributed by atoms with Crippen LogP contribution in [0.4, 0.5) is 17.6 Å². The standard InChI is InChI=1S/C18H16F4N6O2/c1-27-14(7-15(26-27)18(20,21)22)17(29)24-11-3-4-28-13(11)6-12(25-28)9-5-16(30-2)23-8-10(9)19/h5-8,11H,3-4H2,1-2H3,(H,24,29). The summed E-state index contributed by atoms with van der Waals surface area (Å²) in [5.41, 5.74) is -0.217. The van der Waals surface area contributed by atoms with Crippen molar-refractivity contribution in [2.45, 2.75) is 25.2 Å². The molecular weight excluding hydrogens is 408 g/mol. The number of rotatable bonds is 4. The van der Waals surface area contributed by atoms with Crippen LogP contribution in [0, 0.1) is 5.82 Å². The molecule has 1 amide bonds. The van der Waals surface area contributed by atoms with E-state index in [1.807, 2.05) is 0 Å². The van der Waals surface area contributed by atoms with Gasteiger partial charge in [-0.15, -0.1) is 0 Å². The van der Waals surface area contributed by atoms with Crippen molar-refractivity contribution in [2.75, 3.05) is 7.11 Å². The molecule has 1 aliphatic heterocycles. The van der Waals surface area contributed by atoms with Crippen LogP contribution in [0.1, 0.15) is 34.3 Å². The predicted octanol–water partition coefficient (Wildman–Crippen LogP) is 2.72. The zero-order valence-corrected chi connectivity index (χ0v) is 15.9. The lowest BCUT2D eigenvalue weighted by Crippen LogP contribution is -2.28. The molecule has 1 unspecified atom stereocenters. The fourth-order valence-electron chi connectivity index (χ4n) is 3.35. The number of hydrogen-bond donors (Lipinski definition) is 1. The molecule has 1 N–H and O–H groups in total. The molecule has 158 valence electrons. The second kappa shape index (κ2) is 7.11. The molecule has 0 fully saturated rings. The smallest absolute Gasteiger partial charge is 0.435 e. The van der Waals surface area contributed by atoms with Crippen LogP contribution >= 0.6 is 0 Å². The summed E-state index contributed by atoms with van der Waals surface area (Å²) in [7, 11) is 2.67. The van der Waals surface area contributed by atoms with E-state index in [4.69, 9.17) is 4.74 Å². The second-order valence-electron chi connectivity index (χ2n) is 6.74. The normalized spacial score (nSPS) is 15.9. The van der Waals surface area contributed by atoms with Crippen LogP contribution in [-0.2, 0) is 19.8 Å². The predicted molar refractivity (Wildman–Crippen MR) is 95.0 cm³/mol. The van der Waals surface area contributed by atoms with Crippen molar-refractivity contribution in [3.63, 3.8) is 0 Å². The first-order valence-corrected chi connectivity index (χ1v) is 8.87. The lowest BCUT2D eigenvalue weighted by molar-refractivity contribution is -0.141. The van der Waals surface area contributed by atoms with Crippen LogP contribution in [0.3, 0.4) is 0 Å². The summed E-state index contributed by atoms with van der Waals surface area (Å²) >= 11 is 0. The molecule has 0 bridgehead atoms. The molecule has 0 aliphatic carbocycles. The van der Waals surface area contributed by atoms with Gasteiger partial charge in [-0.1, -0.05) is 0 Å². The lowest BCUT2D eigenvalue weighted by Gasteiger charge is -2.11. The average Bonchev–Trinajstić information content (AvgIpc) is 3.37. The molecule has 30 heavy (non-hydrogen) atoms. The lowest BCUT2D eigenvalue weighted by atomic mass is 10.1. The zero-order valence-electron chi connectivity index (χ0n) is 15.9. The number of nitrogens with zero attached hydrogens (tertiary/aromatic N) is 5. The summed E-state index contributed by atoms with van der Waals surface area (Å²) in [6.45, 7) is 0.462. The van der Waals surface area contributed by atoms with Gasteiger partial charge in [0.2, 0.25) is 5.88 Å². The molecule has 0 saturated carbocycles. The molecule has 0 spiro atoms. The molecule has 0 aromatic carbocycles. The van der Waals surface area contributed by atoms with E-state index in [1.54, 1.807) is 10.7 Å². The maximum Gasteiger partial charge on any atom is 0.435 e. The highest BCUT2D eigenvalue weighted by Gasteiger charge is 2.36. The third-order valence-corrected chi connectivity index (χ3v) is 4.82. The summed E-state index contributed by atoms with van der Waals surface area (Å²) in [5, 5.41) is 10.4. The van der Waals surface area contributed by atoms with Gasteiger partial charge in [0.05, 0.1) is 30.7 Å². The van der Waals surface area contributed by atoms with Crippen LogP contribution in [-0.4, -0.2) is 37.6 Å². The fraction of sp³-hybridized carbons (Fsp3) is 0.333.